The molecule has 0 rings (SSSR count). The summed E-state index contributed by atoms with van der Waals surface area (Å²) in [7, 11) is 0. The van der Waals surface area contributed by atoms with E-state index in [-0.39, 0.29) is 0 Å². The topological polar surface area (TPSA) is 46.5 Å². The summed E-state index contributed by atoms with van der Waals surface area (Å²) in [6.45, 7) is -2.31. The first kappa shape index (κ1) is 13.4. The number of alkyl halides is 5. The maximum Gasteiger partial charge on any atom is 0.330 e. The lowest BCUT2D eigenvalue weighted by atomic mass is 10.4. The fourth-order valence-electron chi connectivity index (χ4n) is 0.433. The second-order valence-electron chi connectivity index (χ2n) is 2.38. The number of carboxylic acids is 1. The second kappa shape index (κ2) is 5.35. The Morgan fingerprint density at radius 2 is 2.00 bits per heavy atom. The standard InChI is InChI=1S/C6H7ClF4O3/c7-3(4(12)13)1-14-2-6(10,11)5(8)9/h3,5H,1-2H2,(H,12,13). The third-order valence-corrected chi connectivity index (χ3v) is 1.46. The number of halogens is 5. The summed E-state index contributed by atoms with van der Waals surface area (Å²) in [4.78, 5) is 10.0. The van der Waals surface area contributed by atoms with E-state index in [1.165, 1.54) is 0 Å². The van der Waals surface area contributed by atoms with E-state index in [1.807, 2.05) is 0 Å². The molecule has 0 fully saturated rings. The van der Waals surface area contributed by atoms with Crippen molar-refractivity contribution < 1.29 is 32.2 Å². The van der Waals surface area contributed by atoms with Gasteiger partial charge in [-0.3, -0.25) is 4.79 Å². The lowest BCUT2D eigenvalue weighted by Crippen LogP contribution is -2.34. The Bertz CT molecular complexity index is 200. The van der Waals surface area contributed by atoms with Crippen LogP contribution in [0.25, 0.3) is 0 Å². The Hall–Kier alpha value is -0.560. The van der Waals surface area contributed by atoms with E-state index in [0.717, 1.165) is 0 Å². The zero-order chi connectivity index (χ0) is 11.4. The van der Waals surface area contributed by atoms with Crippen LogP contribution in [-0.2, 0) is 9.53 Å². The van der Waals surface area contributed by atoms with Gasteiger partial charge >= 0.3 is 18.3 Å². The number of hydrogen-bond acceptors (Lipinski definition) is 2. The molecule has 0 heterocycles. The molecule has 8 heteroatoms. The van der Waals surface area contributed by atoms with Crippen LogP contribution in [0.15, 0.2) is 0 Å². The quantitative estimate of drug-likeness (QED) is 0.565. The summed E-state index contributed by atoms with van der Waals surface area (Å²) in [6.07, 6.45) is -3.85. The molecular weight excluding hydrogens is 232 g/mol. The molecule has 0 aliphatic carbocycles. The van der Waals surface area contributed by atoms with Gasteiger partial charge in [-0.05, 0) is 0 Å². The monoisotopic (exact) mass is 238 g/mol. The highest BCUT2D eigenvalue weighted by Gasteiger charge is 2.41. The third kappa shape index (κ3) is 4.61. The Labute approximate surface area is 81.6 Å². The van der Waals surface area contributed by atoms with Gasteiger partial charge in [-0.25, -0.2) is 8.78 Å². The molecule has 0 spiro atoms. The number of carbonyl (C=O) groups is 1. The van der Waals surface area contributed by atoms with Gasteiger partial charge in [0, 0.05) is 0 Å². The van der Waals surface area contributed by atoms with Crippen molar-refractivity contribution in [3.8, 4) is 0 Å². The van der Waals surface area contributed by atoms with Gasteiger partial charge in [0.2, 0.25) is 0 Å². The summed E-state index contributed by atoms with van der Waals surface area (Å²) in [5.74, 6) is -5.75. The Balaban J connectivity index is 3.79. The number of hydrogen-bond donors (Lipinski definition) is 1. The summed E-state index contributed by atoms with van der Waals surface area (Å²) >= 11 is 5.07. The molecule has 14 heavy (non-hydrogen) atoms. The highest BCUT2D eigenvalue weighted by atomic mass is 35.5. The minimum atomic E-state index is -4.28. The van der Waals surface area contributed by atoms with Gasteiger partial charge in [-0.15, -0.1) is 11.6 Å². The van der Waals surface area contributed by atoms with Gasteiger partial charge in [0.1, 0.15) is 6.61 Å². The average molecular weight is 239 g/mol. The third-order valence-electron chi connectivity index (χ3n) is 1.15. The van der Waals surface area contributed by atoms with Crippen molar-refractivity contribution in [3.05, 3.63) is 0 Å². The molecule has 0 aliphatic heterocycles. The first-order valence-electron chi connectivity index (χ1n) is 3.38. The maximum absolute atomic E-state index is 12.1. The van der Waals surface area contributed by atoms with Gasteiger partial charge in [-0.1, -0.05) is 0 Å². The molecule has 1 atom stereocenters. The summed E-state index contributed by atoms with van der Waals surface area (Å²) in [5, 5.41) is 6.65. The molecule has 0 radical (unpaired) electrons. The Kier molecular flexibility index (Phi) is 5.14. The van der Waals surface area contributed by atoms with Gasteiger partial charge in [0.05, 0.1) is 6.61 Å². The molecule has 0 aromatic rings. The van der Waals surface area contributed by atoms with E-state index in [0.29, 0.717) is 0 Å². The molecule has 0 aromatic carbocycles. The maximum atomic E-state index is 12.1. The Morgan fingerprint density at radius 1 is 1.50 bits per heavy atom. The van der Waals surface area contributed by atoms with Gasteiger partial charge in [-0.2, -0.15) is 8.78 Å². The number of aliphatic carboxylic acids is 1. The van der Waals surface area contributed by atoms with Crippen LogP contribution in [0.4, 0.5) is 17.6 Å². The van der Waals surface area contributed by atoms with Crippen LogP contribution in [0, 0.1) is 0 Å². The van der Waals surface area contributed by atoms with E-state index in [9.17, 15) is 22.4 Å². The number of ether oxygens (including phenoxy) is 1. The van der Waals surface area contributed by atoms with Crippen LogP contribution >= 0.6 is 11.6 Å². The fraction of sp³-hybridized carbons (Fsp3) is 0.833. The molecule has 1 N–H and O–H groups in total. The van der Waals surface area contributed by atoms with E-state index in [2.05, 4.69) is 4.74 Å². The molecule has 3 nitrogen and oxygen atoms in total. The van der Waals surface area contributed by atoms with Crippen molar-refractivity contribution >= 4 is 17.6 Å². The predicted molar refractivity (Wildman–Crippen MR) is 39.0 cm³/mol. The first-order valence-corrected chi connectivity index (χ1v) is 3.81. The molecular formula is C6H7ClF4O3. The highest BCUT2D eigenvalue weighted by Crippen LogP contribution is 2.22. The van der Waals surface area contributed by atoms with Crippen LogP contribution < -0.4 is 0 Å². The zero-order valence-corrected chi connectivity index (χ0v) is 7.48. The SMILES string of the molecule is O=C(O)C(Cl)COCC(F)(F)C(F)F. The molecule has 0 amide bonds. The van der Waals surface area contributed by atoms with Crippen LogP contribution in [0.5, 0.6) is 0 Å². The van der Waals surface area contributed by atoms with Crippen molar-refractivity contribution in [1.29, 1.82) is 0 Å². The molecule has 84 valence electrons. The molecule has 0 saturated heterocycles. The fourth-order valence-corrected chi connectivity index (χ4v) is 0.522. The molecule has 1 unspecified atom stereocenters. The van der Waals surface area contributed by atoms with Crippen LogP contribution in [0.1, 0.15) is 0 Å². The Morgan fingerprint density at radius 3 is 2.36 bits per heavy atom. The van der Waals surface area contributed by atoms with Crippen molar-refractivity contribution in [2.45, 2.75) is 17.7 Å². The van der Waals surface area contributed by atoms with Crippen molar-refractivity contribution in [2.75, 3.05) is 13.2 Å². The van der Waals surface area contributed by atoms with E-state index >= 15 is 0 Å². The minimum Gasteiger partial charge on any atom is -0.480 e. The van der Waals surface area contributed by atoms with E-state index in [4.69, 9.17) is 16.7 Å². The van der Waals surface area contributed by atoms with Gasteiger partial charge in [0.15, 0.2) is 5.38 Å². The van der Waals surface area contributed by atoms with Crippen LogP contribution in [-0.4, -0.2) is 42.0 Å². The highest BCUT2D eigenvalue weighted by molar-refractivity contribution is 6.29. The zero-order valence-electron chi connectivity index (χ0n) is 6.72. The largest absolute Gasteiger partial charge is 0.480 e. The van der Waals surface area contributed by atoms with Crippen molar-refractivity contribution in [1.82, 2.24) is 0 Å². The van der Waals surface area contributed by atoms with E-state index in [1.54, 1.807) is 0 Å². The van der Waals surface area contributed by atoms with Crippen LogP contribution in [0.2, 0.25) is 0 Å². The van der Waals surface area contributed by atoms with Gasteiger partial charge < -0.3 is 9.84 Å². The minimum absolute atomic E-state index is 0.751. The summed E-state index contributed by atoms with van der Waals surface area (Å²) < 4.78 is 51.3. The predicted octanol–water partition coefficient (Wildman–Crippen LogP) is 1.60. The normalized spacial score (nSPS) is 14.4. The molecule has 0 aliphatic rings. The summed E-state index contributed by atoms with van der Waals surface area (Å²) in [6, 6.07) is 0. The number of rotatable bonds is 6. The first-order chi connectivity index (χ1) is 6.27. The van der Waals surface area contributed by atoms with Crippen molar-refractivity contribution in [3.63, 3.8) is 0 Å². The molecule has 0 aromatic heterocycles. The van der Waals surface area contributed by atoms with E-state index < -0.39 is 36.9 Å². The lowest BCUT2D eigenvalue weighted by molar-refractivity contribution is -0.167. The average Bonchev–Trinajstić information content (AvgIpc) is 2.03. The van der Waals surface area contributed by atoms with Crippen LogP contribution in [0.3, 0.4) is 0 Å². The molecule has 0 saturated carbocycles. The van der Waals surface area contributed by atoms with Gasteiger partial charge in [0.25, 0.3) is 0 Å². The second-order valence-corrected chi connectivity index (χ2v) is 2.91. The summed E-state index contributed by atoms with van der Waals surface area (Å²) in [5.41, 5.74) is 0. The smallest absolute Gasteiger partial charge is 0.330 e. The molecule has 0 bridgehead atoms. The lowest BCUT2D eigenvalue weighted by Gasteiger charge is -2.15. The number of carboxylic acid groups (broad SMARTS) is 1. The van der Waals surface area contributed by atoms with Crippen molar-refractivity contribution in [2.24, 2.45) is 0 Å².